The summed E-state index contributed by atoms with van der Waals surface area (Å²) in [5.74, 6) is 0.426. The van der Waals surface area contributed by atoms with Gasteiger partial charge in [0.05, 0.1) is 11.2 Å². The first-order valence-electron chi connectivity index (χ1n) is 9.41. The van der Waals surface area contributed by atoms with E-state index < -0.39 is 6.36 Å². The predicted octanol–water partition coefficient (Wildman–Crippen LogP) is 4.44. The molecule has 2 N–H and O–H groups in total. The van der Waals surface area contributed by atoms with Gasteiger partial charge in [0.15, 0.2) is 0 Å². The van der Waals surface area contributed by atoms with Gasteiger partial charge in [-0.1, -0.05) is 6.07 Å². The van der Waals surface area contributed by atoms with Gasteiger partial charge in [0.2, 0.25) is 6.36 Å². The minimum atomic E-state index is -1.39. The minimum absolute atomic E-state index is 0.309. The zero-order valence-electron chi connectivity index (χ0n) is 16.2. The highest BCUT2D eigenvalue weighted by Gasteiger charge is 2.08. The lowest BCUT2D eigenvalue weighted by molar-refractivity contribution is 0.0860. The third-order valence-corrected chi connectivity index (χ3v) is 4.35. The second kappa shape index (κ2) is 8.60. The zero-order chi connectivity index (χ0) is 20.9. The van der Waals surface area contributed by atoms with E-state index >= 15 is 0 Å². The minimum Gasteiger partial charge on any atom is -0.461 e. The van der Waals surface area contributed by atoms with Crippen molar-refractivity contribution in [2.45, 2.75) is 19.8 Å². The lowest BCUT2D eigenvalue weighted by Crippen LogP contribution is -2.28. The summed E-state index contributed by atoms with van der Waals surface area (Å²) in [6, 6.07) is 15.9. The Bertz CT molecular complexity index is 1160. The topological polar surface area (TPSA) is 81.1 Å². The predicted molar refractivity (Wildman–Crippen MR) is 112 cm³/mol. The number of carbonyl (C=O) groups is 1. The summed E-state index contributed by atoms with van der Waals surface area (Å²) in [5, 5.41) is 11.1. The molecular weight excluding hydrogens is 385 g/mol. The van der Waals surface area contributed by atoms with E-state index in [1.807, 2.05) is 36.5 Å². The van der Waals surface area contributed by atoms with E-state index in [9.17, 15) is 9.18 Å². The SMILES string of the molecule is CC(F)Oc1cccc(-n2cc3ccc(NC(=O)NCc4ccncc4)cc3n2)c1. The van der Waals surface area contributed by atoms with Crippen molar-refractivity contribution in [2.75, 3.05) is 5.32 Å². The summed E-state index contributed by atoms with van der Waals surface area (Å²) in [5.41, 5.74) is 3.05. The van der Waals surface area contributed by atoms with Crippen LogP contribution in [0, 0.1) is 0 Å². The summed E-state index contributed by atoms with van der Waals surface area (Å²) in [7, 11) is 0. The maximum Gasteiger partial charge on any atom is 0.319 e. The third-order valence-electron chi connectivity index (χ3n) is 4.35. The second-order valence-corrected chi connectivity index (χ2v) is 6.67. The lowest BCUT2D eigenvalue weighted by Gasteiger charge is -2.08. The molecule has 4 aromatic rings. The summed E-state index contributed by atoms with van der Waals surface area (Å²) in [6.45, 7) is 1.73. The number of pyridine rings is 1. The van der Waals surface area contributed by atoms with Gasteiger partial charge in [0, 0.05) is 49.2 Å². The van der Waals surface area contributed by atoms with E-state index in [1.54, 1.807) is 41.3 Å². The second-order valence-electron chi connectivity index (χ2n) is 6.67. The summed E-state index contributed by atoms with van der Waals surface area (Å²) in [6.07, 6.45) is 3.83. The molecule has 1 atom stereocenters. The van der Waals surface area contributed by atoms with Gasteiger partial charge in [0.25, 0.3) is 0 Å². The summed E-state index contributed by atoms with van der Waals surface area (Å²) < 4.78 is 19.9. The Morgan fingerprint density at radius 1 is 1.17 bits per heavy atom. The van der Waals surface area contributed by atoms with E-state index in [-0.39, 0.29) is 6.03 Å². The molecule has 0 bridgehead atoms. The average molecular weight is 405 g/mol. The Morgan fingerprint density at radius 3 is 2.80 bits per heavy atom. The van der Waals surface area contributed by atoms with Gasteiger partial charge < -0.3 is 15.4 Å². The monoisotopic (exact) mass is 405 g/mol. The molecule has 0 spiro atoms. The highest BCUT2D eigenvalue weighted by molar-refractivity contribution is 5.92. The molecule has 2 aromatic heterocycles. The fourth-order valence-corrected chi connectivity index (χ4v) is 2.97. The van der Waals surface area contributed by atoms with E-state index in [0.29, 0.717) is 23.5 Å². The van der Waals surface area contributed by atoms with Crippen molar-refractivity contribution in [1.29, 1.82) is 0 Å². The largest absolute Gasteiger partial charge is 0.461 e. The number of urea groups is 1. The van der Waals surface area contributed by atoms with Crippen LogP contribution in [0.5, 0.6) is 5.75 Å². The van der Waals surface area contributed by atoms with Gasteiger partial charge in [-0.25, -0.2) is 13.9 Å². The molecular formula is C22H20FN5O2. The van der Waals surface area contributed by atoms with Crippen LogP contribution >= 0.6 is 0 Å². The lowest BCUT2D eigenvalue weighted by atomic mass is 10.2. The number of amides is 2. The van der Waals surface area contributed by atoms with Crippen molar-refractivity contribution in [3.8, 4) is 11.4 Å². The zero-order valence-corrected chi connectivity index (χ0v) is 16.2. The van der Waals surface area contributed by atoms with E-state index in [1.165, 1.54) is 6.92 Å². The van der Waals surface area contributed by atoms with Crippen LogP contribution in [0.25, 0.3) is 16.6 Å². The highest BCUT2D eigenvalue weighted by atomic mass is 19.1. The first-order chi connectivity index (χ1) is 14.6. The van der Waals surface area contributed by atoms with Crippen LogP contribution in [0.2, 0.25) is 0 Å². The van der Waals surface area contributed by atoms with Gasteiger partial charge in [-0.15, -0.1) is 0 Å². The Hall–Kier alpha value is -3.94. The molecule has 7 nitrogen and oxygen atoms in total. The van der Waals surface area contributed by atoms with Crippen molar-refractivity contribution in [3.05, 3.63) is 78.8 Å². The van der Waals surface area contributed by atoms with Crippen molar-refractivity contribution in [1.82, 2.24) is 20.1 Å². The van der Waals surface area contributed by atoms with Crippen molar-refractivity contribution >= 4 is 22.6 Å². The molecule has 0 saturated heterocycles. The Kier molecular flexibility index (Phi) is 5.56. The van der Waals surface area contributed by atoms with Crippen molar-refractivity contribution in [3.63, 3.8) is 0 Å². The molecule has 2 heterocycles. The molecule has 8 heteroatoms. The number of hydrogen-bond donors (Lipinski definition) is 2. The number of alkyl halides is 1. The third kappa shape index (κ3) is 4.72. The number of benzene rings is 2. The number of halogens is 1. The molecule has 0 radical (unpaired) electrons. The molecule has 0 aliphatic heterocycles. The average Bonchev–Trinajstić information content (AvgIpc) is 3.16. The van der Waals surface area contributed by atoms with E-state index in [2.05, 4.69) is 20.7 Å². The number of aromatic nitrogens is 3. The van der Waals surface area contributed by atoms with Gasteiger partial charge in [-0.05, 0) is 48.0 Å². The molecule has 0 saturated carbocycles. The van der Waals surface area contributed by atoms with Crippen LogP contribution in [-0.2, 0) is 6.54 Å². The number of nitrogens with one attached hydrogen (secondary N) is 2. The maximum atomic E-state index is 13.1. The molecule has 2 amide bonds. The number of hydrogen-bond acceptors (Lipinski definition) is 4. The van der Waals surface area contributed by atoms with E-state index in [4.69, 9.17) is 4.74 Å². The molecule has 152 valence electrons. The van der Waals surface area contributed by atoms with Crippen molar-refractivity contribution < 1.29 is 13.9 Å². The molecule has 1 unspecified atom stereocenters. The maximum absolute atomic E-state index is 13.1. The number of rotatable bonds is 6. The Balaban J connectivity index is 1.46. The summed E-state index contributed by atoms with van der Waals surface area (Å²) >= 11 is 0. The van der Waals surface area contributed by atoms with Crippen LogP contribution in [0.15, 0.2) is 73.2 Å². The number of anilines is 1. The molecule has 4 rings (SSSR count). The summed E-state index contributed by atoms with van der Waals surface area (Å²) in [4.78, 5) is 16.1. The van der Waals surface area contributed by atoms with E-state index in [0.717, 1.165) is 16.6 Å². The quantitative estimate of drug-likeness (QED) is 0.497. The fourth-order valence-electron chi connectivity index (χ4n) is 2.97. The van der Waals surface area contributed by atoms with Gasteiger partial charge in [0.1, 0.15) is 5.75 Å². The van der Waals surface area contributed by atoms with Crippen LogP contribution in [0.4, 0.5) is 14.9 Å². The first kappa shape index (κ1) is 19.4. The standard InChI is InChI=1S/C22H20FN5O2/c1-15(23)30-20-4-2-3-19(12-20)28-14-17-5-6-18(11-21(17)27-28)26-22(29)25-13-16-7-9-24-10-8-16/h2-12,14-15H,13H2,1H3,(H2,25,26,29). The molecule has 2 aromatic carbocycles. The molecule has 0 fully saturated rings. The number of ether oxygens (including phenoxy) is 1. The van der Waals surface area contributed by atoms with Gasteiger partial charge >= 0.3 is 6.03 Å². The van der Waals surface area contributed by atoms with Crippen LogP contribution in [0.1, 0.15) is 12.5 Å². The van der Waals surface area contributed by atoms with Gasteiger partial charge in [-0.3, -0.25) is 4.98 Å². The highest BCUT2D eigenvalue weighted by Crippen LogP contribution is 2.22. The number of nitrogens with zero attached hydrogens (tertiary/aromatic N) is 3. The Labute approximate surface area is 172 Å². The van der Waals surface area contributed by atoms with Gasteiger partial charge in [-0.2, -0.15) is 5.10 Å². The number of carbonyl (C=O) groups excluding carboxylic acids is 1. The van der Waals surface area contributed by atoms with Crippen LogP contribution in [0.3, 0.4) is 0 Å². The molecule has 30 heavy (non-hydrogen) atoms. The van der Waals surface area contributed by atoms with Crippen molar-refractivity contribution in [2.24, 2.45) is 0 Å². The fraction of sp³-hybridized carbons (Fsp3) is 0.136. The first-order valence-corrected chi connectivity index (χ1v) is 9.41. The molecule has 0 aliphatic carbocycles. The normalized spacial score (nSPS) is 11.8. The smallest absolute Gasteiger partial charge is 0.319 e. The van der Waals surface area contributed by atoms with Crippen LogP contribution in [-0.4, -0.2) is 27.2 Å². The molecule has 0 aliphatic rings. The Morgan fingerprint density at radius 2 is 2.00 bits per heavy atom. The van der Waals surface area contributed by atoms with Crippen LogP contribution < -0.4 is 15.4 Å². The number of fused-ring (bicyclic) bond motifs is 1.